The average molecular weight is 506 g/mol. The first-order chi connectivity index (χ1) is 16.7. The third-order valence-corrected chi connectivity index (χ3v) is 6.30. The molecule has 0 fully saturated rings. The molecule has 2 N–H and O–H groups in total. The van der Waals surface area contributed by atoms with Crippen LogP contribution in [0.4, 0.5) is 17.6 Å². The lowest BCUT2D eigenvalue weighted by molar-refractivity contribution is -0.142. The first-order valence-electron chi connectivity index (χ1n) is 11.3. The Morgan fingerprint density at radius 2 is 1.67 bits per heavy atom. The maximum atomic E-state index is 14.7. The van der Waals surface area contributed by atoms with Crippen LogP contribution in [-0.2, 0) is 17.6 Å². The summed E-state index contributed by atoms with van der Waals surface area (Å²) in [6, 6.07) is 8.84. The Labute approximate surface area is 206 Å². The van der Waals surface area contributed by atoms with Crippen molar-refractivity contribution in [2.75, 3.05) is 0 Å². The van der Waals surface area contributed by atoms with Gasteiger partial charge >= 0.3 is 12.1 Å². The number of amides is 1. The maximum Gasteiger partial charge on any atom is 0.416 e. The summed E-state index contributed by atoms with van der Waals surface area (Å²) in [5.41, 5.74) is -0.630. The van der Waals surface area contributed by atoms with E-state index in [0.717, 1.165) is 12.1 Å². The molecule has 0 saturated heterocycles. The van der Waals surface area contributed by atoms with E-state index in [1.165, 1.54) is 30.3 Å². The quantitative estimate of drug-likeness (QED) is 0.343. The molecule has 192 valence electrons. The van der Waals surface area contributed by atoms with Gasteiger partial charge in [0, 0.05) is 10.8 Å². The van der Waals surface area contributed by atoms with E-state index < -0.39 is 40.9 Å². The van der Waals surface area contributed by atoms with E-state index in [-0.39, 0.29) is 28.7 Å². The molecule has 0 radical (unpaired) electrons. The summed E-state index contributed by atoms with van der Waals surface area (Å²) in [5, 5.41) is 12.7. The minimum atomic E-state index is -4.48. The van der Waals surface area contributed by atoms with E-state index in [9.17, 15) is 32.3 Å². The zero-order valence-electron chi connectivity index (χ0n) is 20.3. The Hall–Kier alpha value is -3.62. The molecule has 0 aliphatic carbocycles. The van der Waals surface area contributed by atoms with Crippen LogP contribution in [0.2, 0.25) is 0 Å². The van der Waals surface area contributed by atoms with Gasteiger partial charge in [-0.1, -0.05) is 39.0 Å². The van der Waals surface area contributed by atoms with Crippen LogP contribution in [0.1, 0.15) is 54.2 Å². The second-order valence-corrected chi connectivity index (χ2v) is 9.35. The number of carboxylic acid groups (broad SMARTS) is 1. The van der Waals surface area contributed by atoms with Gasteiger partial charge in [0.2, 0.25) is 0 Å². The number of hydrogen-bond acceptors (Lipinski definition) is 3. The largest absolute Gasteiger partial charge is 0.487 e. The molecule has 0 spiro atoms. The van der Waals surface area contributed by atoms with Crippen molar-refractivity contribution in [3.8, 4) is 5.75 Å². The van der Waals surface area contributed by atoms with Gasteiger partial charge in [-0.3, -0.25) is 4.79 Å². The molecule has 1 atom stereocenters. The molecule has 3 aromatic carbocycles. The van der Waals surface area contributed by atoms with Crippen molar-refractivity contribution in [3.05, 3.63) is 76.6 Å². The van der Waals surface area contributed by atoms with Gasteiger partial charge in [0.25, 0.3) is 5.91 Å². The molecule has 5 nitrogen and oxygen atoms in total. The molecular formula is C27H27F4NO4. The van der Waals surface area contributed by atoms with Crippen molar-refractivity contribution in [2.45, 2.75) is 52.9 Å². The predicted octanol–water partition coefficient (Wildman–Crippen LogP) is 6.50. The highest BCUT2D eigenvalue weighted by atomic mass is 19.4. The first kappa shape index (κ1) is 27.0. The zero-order chi connectivity index (χ0) is 26.8. The highest BCUT2D eigenvalue weighted by Crippen LogP contribution is 2.35. The van der Waals surface area contributed by atoms with Crippen LogP contribution in [0.5, 0.6) is 5.75 Å². The topological polar surface area (TPSA) is 75.6 Å². The van der Waals surface area contributed by atoms with Gasteiger partial charge in [-0.15, -0.1) is 0 Å². The number of fused-ring (bicyclic) bond motifs is 1. The molecule has 0 aromatic heterocycles. The summed E-state index contributed by atoms with van der Waals surface area (Å²) in [5.74, 6) is -2.46. The van der Waals surface area contributed by atoms with Crippen LogP contribution in [0.15, 0.2) is 48.5 Å². The Balaban J connectivity index is 2.03. The normalized spacial score (nSPS) is 12.9. The van der Waals surface area contributed by atoms with E-state index in [0.29, 0.717) is 17.5 Å². The van der Waals surface area contributed by atoms with Crippen LogP contribution in [-0.4, -0.2) is 23.0 Å². The number of alkyl halides is 3. The van der Waals surface area contributed by atoms with Gasteiger partial charge in [-0.05, 0) is 60.2 Å². The number of carboxylic acids is 1. The number of halogens is 4. The summed E-state index contributed by atoms with van der Waals surface area (Å²) in [6.07, 6.45) is -4.01. The van der Waals surface area contributed by atoms with Crippen molar-refractivity contribution in [1.82, 2.24) is 5.32 Å². The molecule has 36 heavy (non-hydrogen) atoms. The molecular weight excluding hydrogens is 478 g/mol. The van der Waals surface area contributed by atoms with Crippen molar-refractivity contribution in [3.63, 3.8) is 0 Å². The molecule has 3 aromatic rings. The minimum absolute atomic E-state index is 0.00550. The summed E-state index contributed by atoms with van der Waals surface area (Å²) in [6.45, 7) is 6.71. The SMILES string of the molecule is CCC(C)(C)[C@H](NC(=O)c1ccc2c(F)cc(C)cc2c1OCc1ccc(C(F)(F)F)cc1)C(=O)O. The lowest BCUT2D eigenvalue weighted by atomic mass is 9.81. The molecule has 0 aliphatic heterocycles. The zero-order valence-corrected chi connectivity index (χ0v) is 20.3. The maximum absolute atomic E-state index is 14.7. The standard InChI is InChI=1S/C27H27F4NO4/c1-5-26(3,4)23(25(34)35)32-24(33)19-11-10-18-20(12-15(2)13-21(18)28)22(19)36-14-16-6-8-17(9-7-16)27(29,30)31/h6-13,23H,5,14H2,1-4H3,(H,32,33)(H,34,35)/t23-/m1/s1. The van der Waals surface area contributed by atoms with Crippen LogP contribution in [0.3, 0.4) is 0 Å². The molecule has 0 bridgehead atoms. The molecule has 3 rings (SSSR count). The number of nitrogens with one attached hydrogen (secondary N) is 1. The second-order valence-electron chi connectivity index (χ2n) is 9.35. The Morgan fingerprint density at radius 1 is 1.03 bits per heavy atom. The lowest BCUT2D eigenvalue weighted by Crippen LogP contribution is -2.50. The Kier molecular flexibility index (Phi) is 7.62. The van der Waals surface area contributed by atoms with Gasteiger partial charge in [-0.2, -0.15) is 13.2 Å². The number of benzene rings is 3. The van der Waals surface area contributed by atoms with Crippen LogP contribution in [0.25, 0.3) is 10.8 Å². The number of carbonyl (C=O) groups excluding carboxylic acids is 1. The molecule has 0 heterocycles. The summed E-state index contributed by atoms with van der Waals surface area (Å²) in [4.78, 5) is 25.1. The van der Waals surface area contributed by atoms with E-state index in [2.05, 4.69) is 5.32 Å². The van der Waals surface area contributed by atoms with Crippen molar-refractivity contribution in [1.29, 1.82) is 0 Å². The Bertz CT molecular complexity index is 1280. The minimum Gasteiger partial charge on any atom is -0.487 e. The predicted molar refractivity (Wildman–Crippen MR) is 127 cm³/mol. The highest BCUT2D eigenvalue weighted by Gasteiger charge is 2.36. The average Bonchev–Trinajstić information content (AvgIpc) is 2.80. The molecule has 1 amide bonds. The van der Waals surface area contributed by atoms with Gasteiger partial charge in [0.15, 0.2) is 0 Å². The second kappa shape index (κ2) is 10.2. The molecule has 0 unspecified atom stereocenters. The fourth-order valence-corrected chi connectivity index (χ4v) is 3.78. The summed E-state index contributed by atoms with van der Waals surface area (Å²) in [7, 11) is 0. The fraction of sp³-hybridized carbons (Fsp3) is 0.333. The van der Waals surface area contributed by atoms with Gasteiger partial charge < -0.3 is 15.2 Å². The van der Waals surface area contributed by atoms with Gasteiger partial charge in [0.05, 0.1) is 11.1 Å². The molecule has 9 heteroatoms. The van der Waals surface area contributed by atoms with E-state index in [4.69, 9.17) is 4.74 Å². The number of carbonyl (C=O) groups is 2. The summed E-state index contributed by atoms with van der Waals surface area (Å²) < 4.78 is 59.2. The van der Waals surface area contributed by atoms with Crippen molar-refractivity contribution < 1.29 is 37.0 Å². The number of aliphatic carboxylic acids is 1. The smallest absolute Gasteiger partial charge is 0.416 e. The monoisotopic (exact) mass is 505 g/mol. The molecule has 0 aliphatic rings. The molecule has 0 saturated carbocycles. The highest BCUT2D eigenvalue weighted by molar-refractivity contribution is 6.05. The Morgan fingerprint density at radius 3 is 2.22 bits per heavy atom. The lowest BCUT2D eigenvalue weighted by Gasteiger charge is -2.31. The van der Waals surface area contributed by atoms with E-state index >= 15 is 0 Å². The third-order valence-electron chi connectivity index (χ3n) is 6.30. The fourth-order valence-electron chi connectivity index (χ4n) is 3.78. The van der Waals surface area contributed by atoms with Gasteiger partial charge in [-0.25, -0.2) is 9.18 Å². The number of ether oxygens (including phenoxy) is 1. The van der Waals surface area contributed by atoms with Gasteiger partial charge in [0.1, 0.15) is 24.2 Å². The first-order valence-corrected chi connectivity index (χ1v) is 11.3. The van der Waals surface area contributed by atoms with Crippen LogP contribution in [0, 0.1) is 18.2 Å². The van der Waals surface area contributed by atoms with E-state index in [1.807, 2.05) is 6.92 Å². The van der Waals surface area contributed by atoms with Crippen LogP contribution < -0.4 is 10.1 Å². The number of hydrogen-bond donors (Lipinski definition) is 2. The van der Waals surface area contributed by atoms with Crippen LogP contribution >= 0.6 is 0 Å². The number of aryl methyl sites for hydroxylation is 1. The third kappa shape index (κ3) is 5.78. The van der Waals surface area contributed by atoms with E-state index in [1.54, 1.807) is 26.8 Å². The van der Waals surface area contributed by atoms with Crippen molar-refractivity contribution >= 4 is 22.6 Å². The van der Waals surface area contributed by atoms with Crippen molar-refractivity contribution in [2.24, 2.45) is 5.41 Å². The number of rotatable bonds is 8. The summed E-state index contributed by atoms with van der Waals surface area (Å²) >= 11 is 0.